The van der Waals surface area contributed by atoms with Crippen LogP contribution in [0.1, 0.15) is 57.6 Å². The van der Waals surface area contributed by atoms with Crippen LogP contribution in [0.5, 0.6) is 0 Å². The third kappa shape index (κ3) is 3.41. The van der Waals surface area contributed by atoms with Crippen molar-refractivity contribution >= 4 is 0 Å². The van der Waals surface area contributed by atoms with Gasteiger partial charge in [-0.2, -0.15) is 0 Å². The molecule has 0 heterocycles. The first-order valence-electron chi connectivity index (χ1n) is 9.15. The number of unbranched alkanes of at least 4 members (excludes halogenated alkanes) is 2. The average molecular weight is 326 g/mol. The minimum absolute atomic E-state index is 0.0202. The van der Waals surface area contributed by atoms with E-state index in [9.17, 15) is 4.39 Å². The predicted octanol–water partition coefficient (Wildman–Crippen LogP) is 6.95. The van der Waals surface area contributed by atoms with Crippen LogP contribution in [0.25, 0.3) is 0 Å². The summed E-state index contributed by atoms with van der Waals surface area (Å²) in [6.45, 7) is 17.3. The second-order valence-corrected chi connectivity index (χ2v) is 7.47. The van der Waals surface area contributed by atoms with Crippen LogP contribution in [0.3, 0.4) is 0 Å². The molecule has 24 heavy (non-hydrogen) atoms. The summed E-state index contributed by atoms with van der Waals surface area (Å²) in [7, 11) is 0. The van der Waals surface area contributed by atoms with Gasteiger partial charge in [-0.1, -0.05) is 64.5 Å². The first kappa shape index (κ1) is 18.7. The van der Waals surface area contributed by atoms with Crippen molar-refractivity contribution < 1.29 is 4.39 Å². The summed E-state index contributed by atoms with van der Waals surface area (Å²) in [6.07, 6.45) is 7.75. The molecule has 0 radical (unpaired) electrons. The molecule has 0 spiro atoms. The normalized spacial score (nSPS) is 23.9. The van der Waals surface area contributed by atoms with Crippen molar-refractivity contribution in [2.24, 2.45) is 11.3 Å². The summed E-state index contributed by atoms with van der Waals surface area (Å²) in [4.78, 5) is 0. The zero-order chi connectivity index (χ0) is 17.9. The standard InChI is InChI=1S/C23H31F/c1-7-9-10-11-22-18(5)23(6,17(4)21(22)8-2)15-19-12-13-20(24)14-16(19)3/h8,12-14,18H,2,4,7,9-11,15H2,1,3,5-6H3. The van der Waals surface area contributed by atoms with E-state index in [-0.39, 0.29) is 11.2 Å². The van der Waals surface area contributed by atoms with E-state index in [2.05, 4.69) is 33.9 Å². The largest absolute Gasteiger partial charge is 0.207 e. The summed E-state index contributed by atoms with van der Waals surface area (Å²) < 4.78 is 13.4. The highest BCUT2D eigenvalue weighted by atomic mass is 19.1. The fraction of sp³-hybridized carbons (Fsp3) is 0.478. The van der Waals surface area contributed by atoms with Crippen LogP contribution in [0.2, 0.25) is 0 Å². The lowest BCUT2D eigenvalue weighted by Crippen LogP contribution is -2.27. The van der Waals surface area contributed by atoms with Gasteiger partial charge in [-0.25, -0.2) is 4.39 Å². The zero-order valence-electron chi connectivity index (χ0n) is 15.7. The summed E-state index contributed by atoms with van der Waals surface area (Å²) in [6, 6.07) is 5.13. The highest BCUT2D eigenvalue weighted by molar-refractivity contribution is 5.53. The summed E-state index contributed by atoms with van der Waals surface area (Å²) in [5.41, 5.74) is 6.18. The molecule has 1 aromatic rings. The second kappa shape index (κ2) is 7.51. The Labute approximate surface area is 147 Å². The van der Waals surface area contributed by atoms with Crippen LogP contribution in [0, 0.1) is 24.1 Å². The molecular weight excluding hydrogens is 295 g/mol. The molecule has 2 unspecified atom stereocenters. The molecule has 0 amide bonds. The first-order valence-corrected chi connectivity index (χ1v) is 9.15. The lowest BCUT2D eigenvalue weighted by molar-refractivity contribution is 0.310. The van der Waals surface area contributed by atoms with E-state index in [4.69, 9.17) is 0 Å². The topological polar surface area (TPSA) is 0 Å². The number of benzene rings is 1. The van der Waals surface area contributed by atoms with Crippen molar-refractivity contribution in [3.63, 3.8) is 0 Å². The maximum absolute atomic E-state index is 13.4. The lowest BCUT2D eigenvalue weighted by atomic mass is 9.70. The average Bonchev–Trinajstić information content (AvgIpc) is 2.72. The quantitative estimate of drug-likeness (QED) is 0.475. The second-order valence-electron chi connectivity index (χ2n) is 7.47. The third-order valence-electron chi connectivity index (χ3n) is 5.95. The maximum atomic E-state index is 13.4. The molecule has 0 saturated heterocycles. The molecule has 1 aromatic carbocycles. The van der Waals surface area contributed by atoms with Crippen molar-refractivity contribution in [3.8, 4) is 0 Å². The Hall–Kier alpha value is -1.63. The molecule has 0 aromatic heterocycles. The van der Waals surface area contributed by atoms with Gasteiger partial charge in [0.1, 0.15) is 5.82 Å². The van der Waals surface area contributed by atoms with Gasteiger partial charge in [0.15, 0.2) is 0 Å². The molecule has 1 aliphatic rings. The van der Waals surface area contributed by atoms with E-state index >= 15 is 0 Å². The molecule has 0 aliphatic heterocycles. The zero-order valence-corrected chi connectivity index (χ0v) is 15.7. The van der Waals surface area contributed by atoms with Gasteiger partial charge in [0.2, 0.25) is 0 Å². The Balaban J connectivity index is 2.30. The van der Waals surface area contributed by atoms with Crippen LogP contribution < -0.4 is 0 Å². The van der Waals surface area contributed by atoms with Crippen molar-refractivity contribution in [2.75, 3.05) is 0 Å². The number of rotatable bonds is 7. The summed E-state index contributed by atoms with van der Waals surface area (Å²) in [5.74, 6) is 0.282. The number of allylic oxidation sites excluding steroid dienone is 4. The van der Waals surface area contributed by atoms with Gasteiger partial charge < -0.3 is 0 Å². The van der Waals surface area contributed by atoms with Gasteiger partial charge >= 0.3 is 0 Å². The van der Waals surface area contributed by atoms with Crippen LogP contribution in [-0.4, -0.2) is 0 Å². The highest BCUT2D eigenvalue weighted by Gasteiger charge is 2.43. The van der Waals surface area contributed by atoms with E-state index in [1.54, 1.807) is 12.1 Å². The molecule has 0 bridgehead atoms. The van der Waals surface area contributed by atoms with Gasteiger partial charge in [0.25, 0.3) is 0 Å². The Morgan fingerprint density at radius 3 is 2.58 bits per heavy atom. The molecule has 0 N–H and O–H groups in total. The van der Waals surface area contributed by atoms with Crippen LogP contribution >= 0.6 is 0 Å². The molecule has 0 nitrogen and oxygen atoms in total. The van der Waals surface area contributed by atoms with E-state index in [1.807, 2.05) is 19.1 Å². The van der Waals surface area contributed by atoms with Gasteiger partial charge in [0, 0.05) is 5.41 Å². The fourth-order valence-electron chi connectivity index (χ4n) is 4.06. The summed E-state index contributed by atoms with van der Waals surface area (Å²) in [5, 5.41) is 0. The van der Waals surface area contributed by atoms with Gasteiger partial charge in [-0.15, -0.1) is 0 Å². The molecular formula is C23H31F. The van der Waals surface area contributed by atoms with Gasteiger partial charge in [-0.05, 0) is 66.5 Å². The fourth-order valence-corrected chi connectivity index (χ4v) is 4.06. The van der Waals surface area contributed by atoms with Crippen LogP contribution in [0.15, 0.2) is 54.2 Å². The molecule has 130 valence electrons. The van der Waals surface area contributed by atoms with Gasteiger partial charge in [-0.3, -0.25) is 0 Å². The minimum Gasteiger partial charge on any atom is -0.207 e. The Morgan fingerprint density at radius 2 is 2.00 bits per heavy atom. The van der Waals surface area contributed by atoms with E-state index < -0.39 is 0 Å². The molecule has 1 heteroatoms. The monoisotopic (exact) mass is 326 g/mol. The number of hydrogen-bond acceptors (Lipinski definition) is 0. The smallest absolute Gasteiger partial charge is 0.123 e. The molecule has 0 fully saturated rings. The molecule has 2 rings (SSSR count). The number of hydrogen-bond donors (Lipinski definition) is 0. The predicted molar refractivity (Wildman–Crippen MR) is 103 cm³/mol. The van der Waals surface area contributed by atoms with Gasteiger partial charge in [0.05, 0.1) is 0 Å². The van der Waals surface area contributed by atoms with Crippen LogP contribution in [-0.2, 0) is 6.42 Å². The van der Waals surface area contributed by atoms with E-state index in [1.165, 1.54) is 41.5 Å². The Bertz CT molecular complexity index is 665. The third-order valence-corrected chi connectivity index (χ3v) is 5.95. The van der Waals surface area contributed by atoms with E-state index in [0.29, 0.717) is 5.92 Å². The van der Waals surface area contributed by atoms with E-state index in [0.717, 1.165) is 18.4 Å². The Kier molecular flexibility index (Phi) is 5.85. The Morgan fingerprint density at radius 1 is 1.29 bits per heavy atom. The van der Waals surface area contributed by atoms with Crippen molar-refractivity contribution in [1.82, 2.24) is 0 Å². The summed E-state index contributed by atoms with van der Waals surface area (Å²) >= 11 is 0. The minimum atomic E-state index is -0.162. The maximum Gasteiger partial charge on any atom is 0.123 e. The van der Waals surface area contributed by atoms with Crippen molar-refractivity contribution in [2.45, 2.75) is 59.8 Å². The SMILES string of the molecule is C=CC1=C(CCCCC)C(C)C(C)(Cc2ccc(F)cc2C)C1=C. The molecule has 2 atom stereocenters. The lowest BCUT2D eigenvalue weighted by Gasteiger charge is -2.33. The van der Waals surface area contributed by atoms with Crippen molar-refractivity contribution in [3.05, 3.63) is 71.1 Å². The highest BCUT2D eigenvalue weighted by Crippen LogP contribution is 2.53. The number of halogens is 1. The molecule has 1 aliphatic carbocycles. The van der Waals surface area contributed by atoms with Crippen LogP contribution in [0.4, 0.5) is 4.39 Å². The number of aryl methyl sites for hydroxylation is 1. The molecule has 0 saturated carbocycles. The van der Waals surface area contributed by atoms with Crippen molar-refractivity contribution in [1.29, 1.82) is 0 Å². The first-order chi connectivity index (χ1) is 11.3.